The Morgan fingerprint density at radius 2 is 2.17 bits per heavy atom. The minimum atomic E-state index is -0.765. The largest absolute Gasteiger partial charge is 0.491 e. The first-order valence-corrected chi connectivity index (χ1v) is 9.86. The maximum atomic E-state index is 12.6. The number of ether oxygens (including phenoxy) is 1. The normalized spacial score (nSPS) is 15.9. The summed E-state index contributed by atoms with van der Waals surface area (Å²) in [6, 6.07) is 0. The smallest absolute Gasteiger partial charge is 0.257 e. The zero-order valence-corrected chi connectivity index (χ0v) is 17.5. The van der Waals surface area contributed by atoms with Gasteiger partial charge in [-0.15, -0.1) is 0 Å². The van der Waals surface area contributed by atoms with E-state index in [1.54, 1.807) is 12.4 Å². The van der Waals surface area contributed by atoms with Crippen LogP contribution in [0.3, 0.4) is 0 Å². The van der Waals surface area contributed by atoms with Crippen LogP contribution in [0.2, 0.25) is 0 Å². The van der Waals surface area contributed by atoms with Crippen LogP contribution in [0.1, 0.15) is 12.1 Å². The van der Waals surface area contributed by atoms with E-state index < -0.39 is 11.9 Å². The zero-order chi connectivity index (χ0) is 21.9. The number of carbonyl (C=O) groups is 2. The average Bonchev–Trinajstić information content (AvgIpc) is 2.72. The highest BCUT2D eigenvalue weighted by Crippen LogP contribution is 2.28. The third-order valence-corrected chi connectivity index (χ3v) is 4.75. The van der Waals surface area contributed by atoms with Crippen LogP contribution in [0.5, 0.6) is 0 Å². The van der Waals surface area contributed by atoms with E-state index in [1.807, 2.05) is 0 Å². The molecule has 2 N–H and O–H groups in total. The van der Waals surface area contributed by atoms with Crippen LogP contribution in [0.15, 0.2) is 65.5 Å². The minimum Gasteiger partial charge on any atom is -0.491 e. The van der Waals surface area contributed by atoms with Gasteiger partial charge in [0, 0.05) is 37.5 Å². The topological polar surface area (TPSA) is 102 Å². The number of aromatic nitrogens is 2. The van der Waals surface area contributed by atoms with Crippen molar-refractivity contribution in [1.82, 2.24) is 20.6 Å². The Kier molecular flexibility index (Phi) is 9.52. The van der Waals surface area contributed by atoms with Crippen molar-refractivity contribution in [3.8, 4) is 0 Å². The number of nitrogens with one attached hydrogen (secondary N) is 2. The molecule has 1 aromatic rings. The fraction of sp³-hybridized carbons (Fsp3) is 0.263. The lowest BCUT2D eigenvalue weighted by Gasteiger charge is -2.21. The monoisotopic (exact) mass is 454 g/mol. The number of allylic oxidation sites excluding steroid dienone is 4. The highest BCUT2D eigenvalue weighted by Gasteiger charge is 2.28. The van der Waals surface area contributed by atoms with Crippen molar-refractivity contribution >= 4 is 35.5 Å². The fourth-order valence-corrected chi connectivity index (χ4v) is 2.90. The lowest BCUT2D eigenvalue weighted by atomic mass is 10.2. The number of hydrogen-bond donors (Lipinski definition) is 2. The molecule has 8 nitrogen and oxygen atoms in total. The summed E-state index contributed by atoms with van der Waals surface area (Å²) < 4.78 is 23.0. The summed E-state index contributed by atoms with van der Waals surface area (Å²) in [6.07, 6.45) is 6.85. The Labute approximate surface area is 182 Å². The standard InChI is InChI=1S/C19H20ClFN4O4S/c1-12(5-6-23-17(26)11-28-9-3-4-14(20)13(2)21)25-18(27)16-10-15-19(30-29-16)24-8-7-22-15/h3-4,7-9,16H,1-2,5-6,10-11H2,(H,23,26)(H,25,27)/b9-3+,14-4+. The molecule has 11 heteroatoms. The number of halogens is 2. The maximum Gasteiger partial charge on any atom is 0.257 e. The van der Waals surface area contributed by atoms with E-state index in [-0.39, 0.29) is 30.0 Å². The van der Waals surface area contributed by atoms with Gasteiger partial charge in [-0.2, -0.15) is 0 Å². The predicted octanol–water partition coefficient (Wildman–Crippen LogP) is 2.70. The molecule has 2 amide bonds. The second-order valence-corrected chi connectivity index (χ2v) is 7.09. The highest BCUT2D eigenvalue weighted by atomic mass is 35.5. The van der Waals surface area contributed by atoms with Gasteiger partial charge in [0.05, 0.1) is 29.0 Å². The molecule has 0 spiro atoms. The van der Waals surface area contributed by atoms with E-state index in [9.17, 15) is 14.0 Å². The molecule has 0 saturated heterocycles. The van der Waals surface area contributed by atoms with E-state index in [0.717, 1.165) is 12.0 Å². The quantitative estimate of drug-likeness (QED) is 0.318. The van der Waals surface area contributed by atoms with E-state index in [4.69, 9.17) is 20.5 Å². The van der Waals surface area contributed by atoms with Crippen LogP contribution in [0, 0.1) is 0 Å². The molecule has 2 rings (SSSR count). The minimum absolute atomic E-state index is 0.158. The molecular weight excluding hydrogens is 435 g/mol. The number of carbonyl (C=O) groups excluding carboxylic acids is 2. The summed E-state index contributed by atoms with van der Waals surface area (Å²) >= 11 is 6.52. The molecule has 2 heterocycles. The highest BCUT2D eigenvalue weighted by molar-refractivity contribution is 7.94. The van der Waals surface area contributed by atoms with E-state index in [2.05, 4.69) is 33.8 Å². The third kappa shape index (κ3) is 7.97. The second-order valence-electron chi connectivity index (χ2n) is 5.93. The fourth-order valence-electron chi connectivity index (χ4n) is 2.13. The summed E-state index contributed by atoms with van der Waals surface area (Å²) in [7, 11) is 0. The molecule has 1 aromatic heterocycles. The first-order valence-electron chi connectivity index (χ1n) is 8.74. The van der Waals surface area contributed by atoms with Crippen LogP contribution in [-0.2, 0) is 24.9 Å². The Balaban J connectivity index is 1.62. The lowest BCUT2D eigenvalue weighted by Crippen LogP contribution is -2.38. The number of rotatable bonds is 10. The number of hydrogen-bond acceptors (Lipinski definition) is 7. The lowest BCUT2D eigenvalue weighted by molar-refractivity contribution is -0.126. The molecule has 1 aliphatic rings. The third-order valence-electron chi connectivity index (χ3n) is 3.59. The first-order chi connectivity index (χ1) is 14.4. The van der Waals surface area contributed by atoms with Gasteiger partial charge >= 0.3 is 0 Å². The van der Waals surface area contributed by atoms with Crippen LogP contribution < -0.4 is 10.6 Å². The summed E-state index contributed by atoms with van der Waals surface area (Å²) in [5, 5.41) is 5.77. The van der Waals surface area contributed by atoms with Crippen molar-refractivity contribution in [2.45, 2.75) is 24.0 Å². The Morgan fingerprint density at radius 1 is 1.40 bits per heavy atom. The van der Waals surface area contributed by atoms with Crippen molar-refractivity contribution in [1.29, 1.82) is 0 Å². The van der Waals surface area contributed by atoms with Gasteiger partial charge in [-0.1, -0.05) is 24.8 Å². The molecule has 0 fully saturated rings. The molecule has 0 radical (unpaired) electrons. The molecule has 0 aromatic carbocycles. The molecule has 30 heavy (non-hydrogen) atoms. The molecule has 0 saturated carbocycles. The van der Waals surface area contributed by atoms with Gasteiger partial charge < -0.3 is 15.4 Å². The van der Waals surface area contributed by atoms with Gasteiger partial charge in [-0.3, -0.25) is 18.8 Å². The van der Waals surface area contributed by atoms with Gasteiger partial charge in [0.15, 0.2) is 12.7 Å². The predicted molar refractivity (Wildman–Crippen MR) is 111 cm³/mol. The summed E-state index contributed by atoms with van der Waals surface area (Å²) in [6.45, 7) is 6.83. The second kappa shape index (κ2) is 12.1. The molecular formula is C19H20ClFN4O4S. The molecule has 160 valence electrons. The van der Waals surface area contributed by atoms with Crippen LogP contribution in [0.4, 0.5) is 4.39 Å². The molecule has 1 aliphatic heterocycles. The Morgan fingerprint density at radius 3 is 2.93 bits per heavy atom. The number of nitrogens with zero attached hydrogens (tertiary/aromatic N) is 2. The SMILES string of the molecule is C=C(CCNC(=O)CO/C=C/C=C(/Cl)C(=C)F)NC(=O)C1Cc2nccnc2SO1. The molecule has 1 unspecified atom stereocenters. The van der Waals surface area contributed by atoms with Crippen LogP contribution >= 0.6 is 23.6 Å². The van der Waals surface area contributed by atoms with Crippen molar-refractivity contribution in [2.24, 2.45) is 0 Å². The van der Waals surface area contributed by atoms with Gasteiger partial charge in [0.25, 0.3) is 11.8 Å². The number of fused-ring (bicyclic) bond motifs is 1. The molecule has 0 aliphatic carbocycles. The van der Waals surface area contributed by atoms with Gasteiger partial charge in [0.1, 0.15) is 10.9 Å². The Hall–Kier alpha value is -2.69. The van der Waals surface area contributed by atoms with Crippen molar-refractivity contribution < 1.29 is 22.9 Å². The first kappa shape index (κ1) is 23.6. The maximum absolute atomic E-state index is 12.6. The van der Waals surface area contributed by atoms with Gasteiger partial charge in [-0.25, -0.2) is 9.37 Å². The van der Waals surface area contributed by atoms with E-state index in [1.165, 1.54) is 18.4 Å². The van der Waals surface area contributed by atoms with Crippen LogP contribution in [-0.4, -0.2) is 41.0 Å². The average molecular weight is 455 g/mol. The van der Waals surface area contributed by atoms with Crippen molar-refractivity contribution in [3.63, 3.8) is 0 Å². The van der Waals surface area contributed by atoms with Crippen molar-refractivity contribution in [3.05, 3.63) is 66.2 Å². The van der Waals surface area contributed by atoms with Gasteiger partial charge in [0.2, 0.25) is 0 Å². The summed E-state index contributed by atoms with van der Waals surface area (Å²) in [4.78, 5) is 32.3. The summed E-state index contributed by atoms with van der Waals surface area (Å²) in [5.41, 5.74) is 1.14. The molecule has 1 atom stereocenters. The van der Waals surface area contributed by atoms with Crippen LogP contribution in [0.25, 0.3) is 0 Å². The van der Waals surface area contributed by atoms with Crippen molar-refractivity contribution in [2.75, 3.05) is 13.2 Å². The van der Waals surface area contributed by atoms with E-state index >= 15 is 0 Å². The zero-order valence-electron chi connectivity index (χ0n) is 15.9. The van der Waals surface area contributed by atoms with E-state index in [0.29, 0.717) is 29.3 Å². The number of amides is 2. The van der Waals surface area contributed by atoms with Gasteiger partial charge in [-0.05, 0) is 12.2 Å². The summed E-state index contributed by atoms with van der Waals surface area (Å²) in [5.74, 6) is -1.48. The Bertz CT molecular complexity index is 878. The molecule has 0 bridgehead atoms.